The maximum Gasteiger partial charge on any atom is 0.312 e. The molecule has 2 N–H and O–H groups in total. The zero-order valence-electron chi connectivity index (χ0n) is 15.9. The van der Waals surface area contributed by atoms with Crippen LogP contribution in [0.25, 0.3) is 0 Å². The first-order valence-corrected chi connectivity index (χ1v) is 10.6. The van der Waals surface area contributed by atoms with Crippen molar-refractivity contribution < 1.29 is 19.1 Å². The third kappa shape index (κ3) is 3.69. The Bertz CT molecular complexity index is 810. The van der Waals surface area contributed by atoms with Crippen LogP contribution in [0.5, 0.6) is 0 Å². The molecule has 4 saturated carbocycles. The Morgan fingerprint density at radius 3 is 2.46 bits per heavy atom. The van der Waals surface area contributed by atoms with Crippen molar-refractivity contribution in [3.63, 3.8) is 0 Å². The number of rotatable bonds is 5. The molecular formula is C21H25BrN2O4. The fraction of sp³-hybridized carbons (Fsp3) is 0.571. The van der Waals surface area contributed by atoms with Gasteiger partial charge in [-0.25, -0.2) is 0 Å². The standard InChI is InChI=1S/C21H25BrN2O4/c1-13(25)24-21-9-14-6-15(10-21)8-20(7-14,12-21)19(27)28-11-18(26)23-17-5-3-2-4-16(17)22/h2-5,14-15H,6-12H2,1H3,(H,23,26)(H,24,25)/t14-,15+,20?,21?. The van der Waals surface area contributed by atoms with Crippen LogP contribution in [-0.4, -0.2) is 29.9 Å². The van der Waals surface area contributed by atoms with Crippen LogP contribution in [0.15, 0.2) is 28.7 Å². The van der Waals surface area contributed by atoms with Gasteiger partial charge in [0, 0.05) is 16.9 Å². The van der Waals surface area contributed by atoms with Gasteiger partial charge in [0.2, 0.25) is 5.91 Å². The summed E-state index contributed by atoms with van der Waals surface area (Å²) in [6, 6.07) is 7.29. The fourth-order valence-corrected chi connectivity index (χ4v) is 6.44. The highest BCUT2D eigenvalue weighted by Crippen LogP contribution is 2.62. The van der Waals surface area contributed by atoms with E-state index in [0.717, 1.165) is 36.6 Å². The van der Waals surface area contributed by atoms with Gasteiger partial charge in [0.05, 0.1) is 11.1 Å². The molecular weight excluding hydrogens is 424 g/mol. The van der Waals surface area contributed by atoms with Crippen LogP contribution in [0.1, 0.15) is 45.4 Å². The van der Waals surface area contributed by atoms with Gasteiger partial charge in [0.1, 0.15) is 0 Å². The minimum atomic E-state index is -0.569. The Kier molecular flexibility index (Phi) is 4.98. The van der Waals surface area contributed by atoms with E-state index in [1.807, 2.05) is 18.2 Å². The molecule has 0 spiro atoms. The van der Waals surface area contributed by atoms with Gasteiger partial charge in [-0.05, 0) is 78.4 Å². The number of nitrogens with one attached hydrogen (secondary N) is 2. The predicted molar refractivity (Wildman–Crippen MR) is 107 cm³/mol. The first-order valence-electron chi connectivity index (χ1n) is 9.80. The molecule has 0 heterocycles. The van der Waals surface area contributed by atoms with Gasteiger partial charge in [-0.1, -0.05) is 12.1 Å². The van der Waals surface area contributed by atoms with Crippen LogP contribution in [0.3, 0.4) is 0 Å². The van der Waals surface area contributed by atoms with Crippen molar-refractivity contribution >= 4 is 39.4 Å². The smallest absolute Gasteiger partial charge is 0.312 e. The minimum Gasteiger partial charge on any atom is -0.455 e. The molecule has 2 unspecified atom stereocenters. The van der Waals surface area contributed by atoms with Crippen molar-refractivity contribution in [3.8, 4) is 0 Å². The van der Waals surface area contributed by atoms with Crippen molar-refractivity contribution in [2.45, 2.75) is 51.0 Å². The number of carbonyl (C=O) groups excluding carboxylic acids is 3. The molecule has 150 valence electrons. The van der Waals surface area contributed by atoms with E-state index in [-0.39, 0.29) is 29.9 Å². The Hall–Kier alpha value is -1.89. The molecule has 0 aliphatic heterocycles. The summed E-state index contributed by atoms with van der Waals surface area (Å²) in [5.74, 6) is 0.183. The lowest BCUT2D eigenvalue weighted by Gasteiger charge is -2.60. The second kappa shape index (κ2) is 7.17. The minimum absolute atomic E-state index is 0.0433. The van der Waals surface area contributed by atoms with Crippen molar-refractivity contribution in [1.82, 2.24) is 5.32 Å². The molecule has 1 aromatic carbocycles. The quantitative estimate of drug-likeness (QED) is 0.675. The summed E-state index contributed by atoms with van der Waals surface area (Å²) < 4.78 is 6.24. The van der Waals surface area contributed by atoms with Gasteiger partial charge in [0.25, 0.3) is 5.91 Å². The molecule has 5 rings (SSSR count). The number of ether oxygens (including phenoxy) is 1. The maximum atomic E-state index is 13.0. The Morgan fingerprint density at radius 2 is 1.82 bits per heavy atom. The zero-order valence-corrected chi connectivity index (χ0v) is 17.5. The number of anilines is 1. The Morgan fingerprint density at radius 1 is 1.14 bits per heavy atom. The number of amides is 2. The number of halogens is 1. The average Bonchev–Trinajstić information content (AvgIpc) is 2.59. The van der Waals surface area contributed by atoms with Gasteiger partial charge in [-0.3, -0.25) is 14.4 Å². The Balaban J connectivity index is 1.41. The molecule has 4 aliphatic rings. The van der Waals surface area contributed by atoms with Crippen molar-refractivity contribution in [2.24, 2.45) is 17.3 Å². The lowest BCUT2D eigenvalue weighted by atomic mass is 9.47. The molecule has 4 bridgehead atoms. The first-order chi connectivity index (χ1) is 13.3. The highest BCUT2D eigenvalue weighted by Gasteiger charge is 2.61. The molecule has 4 atom stereocenters. The number of hydrogen-bond acceptors (Lipinski definition) is 4. The van der Waals surface area contributed by atoms with Gasteiger partial charge in [-0.15, -0.1) is 0 Å². The third-order valence-corrected chi connectivity index (χ3v) is 7.11. The summed E-state index contributed by atoms with van der Waals surface area (Å²) in [5.41, 5.74) is -0.213. The highest BCUT2D eigenvalue weighted by molar-refractivity contribution is 9.10. The molecule has 0 saturated heterocycles. The van der Waals surface area contributed by atoms with Crippen molar-refractivity contribution in [2.75, 3.05) is 11.9 Å². The molecule has 1 aromatic rings. The molecule has 7 heteroatoms. The summed E-state index contributed by atoms with van der Waals surface area (Å²) >= 11 is 3.38. The predicted octanol–water partition coefficient (Wildman–Crippen LogP) is 3.41. The summed E-state index contributed by atoms with van der Waals surface area (Å²) in [5, 5.41) is 5.89. The maximum absolute atomic E-state index is 13.0. The SMILES string of the molecule is CC(=O)NC12C[C@H]3C[C@@H](C1)CC(C(=O)OCC(=O)Nc1ccccc1Br)(C3)C2. The summed E-state index contributed by atoms with van der Waals surface area (Å²) in [7, 11) is 0. The van der Waals surface area contributed by atoms with E-state index in [9.17, 15) is 14.4 Å². The van der Waals surface area contributed by atoms with Crippen molar-refractivity contribution in [3.05, 3.63) is 28.7 Å². The summed E-state index contributed by atoms with van der Waals surface area (Å²) in [4.78, 5) is 37.0. The highest BCUT2D eigenvalue weighted by atomic mass is 79.9. The fourth-order valence-electron chi connectivity index (χ4n) is 6.05. The third-order valence-electron chi connectivity index (χ3n) is 6.42. The van der Waals surface area contributed by atoms with Gasteiger partial charge in [-0.2, -0.15) is 0 Å². The molecule has 0 aromatic heterocycles. The van der Waals surface area contributed by atoms with Gasteiger partial charge < -0.3 is 15.4 Å². The first kappa shape index (κ1) is 19.4. The lowest BCUT2D eigenvalue weighted by molar-refractivity contribution is -0.176. The Labute approximate surface area is 172 Å². The summed E-state index contributed by atoms with van der Waals surface area (Å²) in [6.07, 6.45) is 5.24. The number of para-hydroxylation sites is 1. The van der Waals surface area contributed by atoms with E-state index >= 15 is 0 Å². The second-order valence-electron chi connectivity index (χ2n) is 8.81. The zero-order chi connectivity index (χ0) is 19.9. The van der Waals surface area contributed by atoms with Crippen LogP contribution in [-0.2, 0) is 19.1 Å². The molecule has 4 fully saturated rings. The average molecular weight is 449 g/mol. The van der Waals surface area contributed by atoms with E-state index < -0.39 is 5.41 Å². The van der Waals surface area contributed by atoms with E-state index in [0.29, 0.717) is 23.9 Å². The number of esters is 1. The van der Waals surface area contributed by atoms with Crippen LogP contribution in [0, 0.1) is 17.3 Å². The topological polar surface area (TPSA) is 84.5 Å². The van der Waals surface area contributed by atoms with Gasteiger partial charge in [0.15, 0.2) is 6.61 Å². The van der Waals surface area contributed by atoms with Crippen LogP contribution >= 0.6 is 15.9 Å². The number of benzene rings is 1. The molecule has 28 heavy (non-hydrogen) atoms. The van der Waals surface area contributed by atoms with Crippen LogP contribution in [0.2, 0.25) is 0 Å². The van der Waals surface area contributed by atoms with Gasteiger partial charge >= 0.3 is 5.97 Å². The lowest BCUT2D eigenvalue weighted by Crippen LogP contribution is -2.64. The second-order valence-corrected chi connectivity index (χ2v) is 9.66. The number of hydrogen-bond donors (Lipinski definition) is 2. The molecule has 6 nitrogen and oxygen atoms in total. The number of carbonyl (C=O) groups is 3. The van der Waals surface area contributed by atoms with E-state index in [4.69, 9.17) is 4.74 Å². The van der Waals surface area contributed by atoms with E-state index in [2.05, 4.69) is 26.6 Å². The normalized spacial score (nSPS) is 32.6. The molecule has 0 radical (unpaired) electrons. The monoisotopic (exact) mass is 448 g/mol. The summed E-state index contributed by atoms with van der Waals surface area (Å²) in [6.45, 7) is 1.24. The molecule has 2 amide bonds. The van der Waals surface area contributed by atoms with Crippen LogP contribution in [0.4, 0.5) is 5.69 Å². The van der Waals surface area contributed by atoms with E-state index in [1.54, 1.807) is 6.07 Å². The molecule has 4 aliphatic carbocycles. The van der Waals surface area contributed by atoms with Crippen molar-refractivity contribution in [1.29, 1.82) is 0 Å². The largest absolute Gasteiger partial charge is 0.455 e. The van der Waals surface area contributed by atoms with E-state index in [1.165, 1.54) is 6.92 Å². The van der Waals surface area contributed by atoms with Crippen LogP contribution < -0.4 is 10.6 Å².